The fraction of sp³-hybridized carbons (Fsp3) is 0.130. The molecule has 0 saturated carbocycles. The third-order valence-electron chi connectivity index (χ3n) is 4.91. The monoisotopic (exact) mass is 449 g/mol. The Balaban J connectivity index is 1.97. The molecular formula is C23H23N5O5. The van der Waals surface area contributed by atoms with Crippen molar-refractivity contribution in [2.75, 3.05) is 12.4 Å². The Kier molecular flexibility index (Phi) is 7.09. The highest BCUT2D eigenvalue weighted by atomic mass is 16.6. The zero-order valence-corrected chi connectivity index (χ0v) is 17.7. The van der Waals surface area contributed by atoms with Crippen molar-refractivity contribution >= 4 is 23.1 Å². The van der Waals surface area contributed by atoms with E-state index in [9.17, 15) is 20.0 Å². The minimum atomic E-state index is -1.05. The van der Waals surface area contributed by atoms with Gasteiger partial charge in [-0.15, -0.1) is 0 Å². The molecule has 6 N–H and O–H groups in total. The number of phenols is 1. The normalized spacial score (nSPS) is 11.3. The number of carbonyl (C=O) groups is 1. The number of hydrogen-bond acceptors (Lipinski definition) is 7. The van der Waals surface area contributed by atoms with E-state index >= 15 is 0 Å². The smallest absolute Gasteiger partial charge is 0.315 e. The fourth-order valence-electron chi connectivity index (χ4n) is 3.18. The van der Waals surface area contributed by atoms with Gasteiger partial charge in [-0.1, -0.05) is 30.3 Å². The average Bonchev–Trinajstić information content (AvgIpc) is 2.82. The number of anilines is 1. The Hall–Kier alpha value is -4.60. The van der Waals surface area contributed by atoms with E-state index in [-0.39, 0.29) is 23.7 Å². The van der Waals surface area contributed by atoms with Gasteiger partial charge in [0.25, 0.3) is 0 Å². The third-order valence-corrected chi connectivity index (χ3v) is 4.91. The van der Waals surface area contributed by atoms with Crippen LogP contribution in [0.3, 0.4) is 0 Å². The van der Waals surface area contributed by atoms with Crippen LogP contribution >= 0.6 is 0 Å². The number of nitrogens with zero attached hydrogens (tertiary/aromatic N) is 1. The number of benzene rings is 3. The van der Waals surface area contributed by atoms with Gasteiger partial charge in [0.1, 0.15) is 11.9 Å². The second kappa shape index (κ2) is 10.1. The molecule has 1 atom stereocenters. The topological polar surface area (TPSA) is 164 Å². The number of hydrogen-bond donors (Lipinski definition) is 5. The third kappa shape index (κ3) is 5.56. The fourth-order valence-corrected chi connectivity index (χ4v) is 3.18. The number of nitro benzene ring substituents is 1. The number of aromatic hydroxyl groups is 1. The largest absolute Gasteiger partial charge is 0.500 e. The van der Waals surface area contributed by atoms with E-state index < -0.39 is 28.3 Å². The number of nitrogens with one attached hydrogen (secondary N) is 3. The quantitative estimate of drug-likeness (QED) is 0.145. The summed E-state index contributed by atoms with van der Waals surface area (Å²) in [6.07, 6.45) is 0. The van der Waals surface area contributed by atoms with Gasteiger partial charge in [0.2, 0.25) is 11.7 Å². The van der Waals surface area contributed by atoms with E-state index in [1.54, 1.807) is 24.3 Å². The van der Waals surface area contributed by atoms with E-state index in [1.165, 1.54) is 13.2 Å². The van der Waals surface area contributed by atoms with Crippen LogP contribution in [0.5, 0.6) is 11.5 Å². The lowest BCUT2D eigenvalue weighted by molar-refractivity contribution is -0.386. The van der Waals surface area contributed by atoms with Crippen LogP contribution in [0.2, 0.25) is 0 Å². The molecule has 0 radical (unpaired) electrons. The molecule has 1 unspecified atom stereocenters. The van der Waals surface area contributed by atoms with Crippen molar-refractivity contribution in [2.24, 2.45) is 5.73 Å². The van der Waals surface area contributed by atoms with Crippen LogP contribution < -0.4 is 21.1 Å². The number of amidine groups is 1. The molecule has 3 aromatic rings. The van der Waals surface area contributed by atoms with E-state index in [0.29, 0.717) is 11.3 Å². The Morgan fingerprint density at radius 3 is 2.42 bits per heavy atom. The molecule has 0 aromatic heterocycles. The number of nitro groups is 1. The Morgan fingerprint density at radius 2 is 1.85 bits per heavy atom. The zero-order valence-electron chi connectivity index (χ0n) is 17.7. The predicted octanol–water partition coefficient (Wildman–Crippen LogP) is 3.06. The van der Waals surface area contributed by atoms with Crippen LogP contribution in [0, 0.1) is 15.5 Å². The number of methoxy groups -OCH3 is 1. The van der Waals surface area contributed by atoms with Gasteiger partial charge < -0.3 is 26.2 Å². The first-order valence-electron chi connectivity index (χ1n) is 9.88. The maximum atomic E-state index is 13.2. The molecule has 3 aromatic carbocycles. The standard InChI is InChI=1S/C23H23N5O5/c1-33-19-12-16(11-18(21(19)29)28(31)32)20(23(30)26-13-14-5-3-2-4-6-14)27-17-9-7-15(8-10-17)22(24)25/h2-12,20,27,29H,13H2,1H3,(H3,24,25)(H,26,30). The molecule has 0 saturated heterocycles. The van der Waals surface area contributed by atoms with E-state index in [4.69, 9.17) is 15.9 Å². The SMILES string of the molecule is COc1cc(C(Nc2ccc(C(=N)N)cc2)C(=O)NCc2ccccc2)cc([N+](=O)[O-])c1O. The lowest BCUT2D eigenvalue weighted by Crippen LogP contribution is -2.33. The summed E-state index contributed by atoms with van der Waals surface area (Å²) in [6.45, 7) is 0.248. The predicted molar refractivity (Wildman–Crippen MR) is 123 cm³/mol. The summed E-state index contributed by atoms with van der Waals surface area (Å²) < 4.78 is 5.08. The number of nitrogen functional groups attached to an aromatic ring is 1. The van der Waals surface area contributed by atoms with Crippen LogP contribution in [0.1, 0.15) is 22.7 Å². The van der Waals surface area contributed by atoms with E-state index in [1.807, 2.05) is 30.3 Å². The first kappa shape index (κ1) is 23.1. The van der Waals surface area contributed by atoms with Crippen molar-refractivity contribution in [3.8, 4) is 11.5 Å². The molecular weight excluding hydrogens is 426 g/mol. The number of ether oxygens (including phenoxy) is 1. The summed E-state index contributed by atoms with van der Waals surface area (Å²) in [5, 5.41) is 34.9. The van der Waals surface area contributed by atoms with Crippen molar-refractivity contribution in [3.05, 3.63) is 93.5 Å². The molecule has 33 heavy (non-hydrogen) atoms. The summed E-state index contributed by atoms with van der Waals surface area (Å²) >= 11 is 0. The Morgan fingerprint density at radius 1 is 1.18 bits per heavy atom. The van der Waals surface area contributed by atoms with Gasteiger partial charge in [0.05, 0.1) is 12.0 Å². The molecule has 3 rings (SSSR count). The summed E-state index contributed by atoms with van der Waals surface area (Å²) in [5.41, 5.74) is 7.03. The molecule has 10 heteroatoms. The van der Waals surface area contributed by atoms with Crippen molar-refractivity contribution in [1.29, 1.82) is 5.41 Å². The van der Waals surface area contributed by atoms with Crippen LogP contribution in [0.25, 0.3) is 0 Å². The summed E-state index contributed by atoms with van der Waals surface area (Å²) in [5.74, 6) is -1.30. The minimum absolute atomic E-state index is 0.0994. The molecule has 0 bridgehead atoms. The zero-order chi connectivity index (χ0) is 24.0. The average molecular weight is 449 g/mol. The van der Waals surface area contributed by atoms with Gasteiger partial charge in [0.15, 0.2) is 5.75 Å². The molecule has 0 aliphatic rings. The number of amides is 1. The summed E-state index contributed by atoms with van der Waals surface area (Å²) in [4.78, 5) is 23.9. The number of nitrogens with two attached hydrogens (primary N) is 1. The van der Waals surface area contributed by atoms with E-state index in [2.05, 4.69) is 10.6 Å². The number of phenolic OH excluding ortho intramolecular Hbond substituents is 1. The molecule has 1 amide bonds. The van der Waals surface area contributed by atoms with Crippen LogP contribution in [-0.4, -0.2) is 28.9 Å². The molecule has 0 heterocycles. The minimum Gasteiger partial charge on any atom is -0.500 e. The summed E-state index contributed by atoms with van der Waals surface area (Å²) in [6, 6.07) is 17.2. The lowest BCUT2D eigenvalue weighted by Gasteiger charge is -2.21. The van der Waals surface area contributed by atoms with Crippen molar-refractivity contribution in [2.45, 2.75) is 12.6 Å². The molecule has 0 spiro atoms. The first-order chi connectivity index (χ1) is 15.8. The van der Waals surface area contributed by atoms with Gasteiger partial charge in [-0.3, -0.25) is 20.3 Å². The second-order valence-corrected chi connectivity index (χ2v) is 7.12. The van der Waals surface area contributed by atoms with Gasteiger partial charge in [-0.2, -0.15) is 0 Å². The molecule has 10 nitrogen and oxygen atoms in total. The highest BCUT2D eigenvalue weighted by Crippen LogP contribution is 2.39. The van der Waals surface area contributed by atoms with Gasteiger partial charge in [-0.25, -0.2) is 0 Å². The molecule has 0 aliphatic carbocycles. The maximum absolute atomic E-state index is 13.2. The molecule has 170 valence electrons. The second-order valence-electron chi connectivity index (χ2n) is 7.12. The van der Waals surface area contributed by atoms with Crippen LogP contribution in [0.4, 0.5) is 11.4 Å². The number of rotatable bonds is 9. The summed E-state index contributed by atoms with van der Waals surface area (Å²) in [7, 11) is 1.26. The van der Waals surface area contributed by atoms with Crippen molar-refractivity contribution in [1.82, 2.24) is 5.32 Å². The van der Waals surface area contributed by atoms with Gasteiger partial charge >= 0.3 is 5.69 Å². The molecule has 0 fully saturated rings. The highest BCUT2D eigenvalue weighted by molar-refractivity contribution is 5.95. The number of carbonyl (C=O) groups excluding carboxylic acids is 1. The Labute approximate surface area is 189 Å². The lowest BCUT2D eigenvalue weighted by atomic mass is 10.0. The highest BCUT2D eigenvalue weighted by Gasteiger charge is 2.27. The van der Waals surface area contributed by atoms with Crippen LogP contribution in [0.15, 0.2) is 66.7 Å². The van der Waals surface area contributed by atoms with Gasteiger partial charge in [0, 0.05) is 23.9 Å². The Bertz CT molecular complexity index is 1170. The van der Waals surface area contributed by atoms with Crippen LogP contribution in [-0.2, 0) is 11.3 Å². The van der Waals surface area contributed by atoms with E-state index in [0.717, 1.165) is 11.6 Å². The van der Waals surface area contributed by atoms with Gasteiger partial charge in [-0.05, 0) is 41.5 Å². The first-order valence-corrected chi connectivity index (χ1v) is 9.88. The van der Waals surface area contributed by atoms with Crippen molar-refractivity contribution in [3.63, 3.8) is 0 Å². The maximum Gasteiger partial charge on any atom is 0.315 e. The molecule has 0 aliphatic heterocycles. The van der Waals surface area contributed by atoms with Crippen molar-refractivity contribution < 1.29 is 19.6 Å².